The molecule has 1 fully saturated rings. The lowest BCUT2D eigenvalue weighted by Gasteiger charge is -2.19. The van der Waals surface area contributed by atoms with Gasteiger partial charge >= 0.3 is 18.0 Å². The van der Waals surface area contributed by atoms with Gasteiger partial charge in [-0.2, -0.15) is 0 Å². The fraction of sp³-hybridized carbons (Fsp3) is 0.353. The molecule has 0 radical (unpaired) electrons. The predicted octanol–water partition coefficient (Wildman–Crippen LogP) is 0.0106. The molecule has 0 spiro atoms. The normalized spacial score (nSPS) is 14.7. The molecule has 1 atom stereocenters. The van der Waals surface area contributed by atoms with E-state index in [9.17, 15) is 24.0 Å². The maximum absolute atomic E-state index is 12.4. The third kappa shape index (κ3) is 5.03. The van der Waals surface area contributed by atoms with Crippen LogP contribution in [0.5, 0.6) is 0 Å². The summed E-state index contributed by atoms with van der Waals surface area (Å²) < 4.78 is 5.18. The zero-order valence-electron chi connectivity index (χ0n) is 14.9. The van der Waals surface area contributed by atoms with Crippen LogP contribution in [0.2, 0.25) is 0 Å². The Balaban J connectivity index is 2.11. The van der Waals surface area contributed by atoms with Crippen LogP contribution in [0.25, 0.3) is 0 Å². The fourth-order valence-corrected chi connectivity index (χ4v) is 2.41. The molecule has 0 saturated carbocycles. The number of rotatable bonds is 6. The SMILES string of the molecule is CCNC(=O)NC(=O)[C@@H](OC(=O)CN1C(=O)CN(C)C1=O)c1ccccc1. The molecule has 1 saturated heterocycles. The smallest absolute Gasteiger partial charge is 0.327 e. The van der Waals surface area contributed by atoms with Gasteiger partial charge in [-0.15, -0.1) is 0 Å². The van der Waals surface area contributed by atoms with Gasteiger partial charge in [-0.3, -0.25) is 24.6 Å². The first-order valence-electron chi connectivity index (χ1n) is 8.22. The van der Waals surface area contributed by atoms with Crippen molar-refractivity contribution in [3.05, 3.63) is 35.9 Å². The molecule has 144 valence electrons. The molecule has 0 bridgehead atoms. The van der Waals surface area contributed by atoms with Gasteiger partial charge in [0.25, 0.3) is 11.8 Å². The van der Waals surface area contributed by atoms with E-state index in [1.807, 2.05) is 0 Å². The number of hydrogen-bond acceptors (Lipinski definition) is 6. The van der Waals surface area contributed by atoms with Gasteiger partial charge in [-0.05, 0) is 6.92 Å². The minimum Gasteiger partial charge on any atom is -0.446 e. The zero-order chi connectivity index (χ0) is 20.0. The van der Waals surface area contributed by atoms with Gasteiger partial charge in [0.15, 0.2) is 0 Å². The molecular weight excluding hydrogens is 356 g/mol. The van der Waals surface area contributed by atoms with Crippen molar-refractivity contribution in [3.63, 3.8) is 0 Å². The Morgan fingerprint density at radius 2 is 1.85 bits per heavy atom. The van der Waals surface area contributed by atoms with Crippen molar-refractivity contribution in [2.75, 3.05) is 26.7 Å². The Morgan fingerprint density at radius 3 is 2.41 bits per heavy atom. The summed E-state index contributed by atoms with van der Waals surface area (Å²) in [6, 6.07) is 6.73. The maximum Gasteiger partial charge on any atom is 0.327 e. The first-order valence-corrected chi connectivity index (χ1v) is 8.22. The highest BCUT2D eigenvalue weighted by Gasteiger charge is 2.36. The lowest BCUT2D eigenvalue weighted by atomic mass is 10.1. The lowest BCUT2D eigenvalue weighted by molar-refractivity contribution is -0.157. The number of esters is 1. The van der Waals surface area contributed by atoms with E-state index in [1.54, 1.807) is 37.3 Å². The number of benzene rings is 1. The van der Waals surface area contributed by atoms with Gasteiger partial charge in [0.2, 0.25) is 6.10 Å². The summed E-state index contributed by atoms with van der Waals surface area (Å²) in [5.74, 6) is -2.34. The average Bonchev–Trinajstić information content (AvgIpc) is 2.86. The van der Waals surface area contributed by atoms with Crippen molar-refractivity contribution in [2.45, 2.75) is 13.0 Å². The Morgan fingerprint density at radius 1 is 1.19 bits per heavy atom. The van der Waals surface area contributed by atoms with Crippen LogP contribution < -0.4 is 10.6 Å². The maximum atomic E-state index is 12.4. The predicted molar refractivity (Wildman–Crippen MR) is 92.2 cm³/mol. The third-order valence-electron chi connectivity index (χ3n) is 3.68. The summed E-state index contributed by atoms with van der Waals surface area (Å²) in [5, 5.41) is 4.48. The lowest BCUT2D eigenvalue weighted by Crippen LogP contribution is -2.43. The third-order valence-corrected chi connectivity index (χ3v) is 3.68. The molecule has 10 nitrogen and oxygen atoms in total. The molecule has 1 aliphatic rings. The molecule has 1 aromatic rings. The molecular formula is C17H20N4O6. The number of hydrogen-bond donors (Lipinski definition) is 2. The van der Waals surface area contributed by atoms with Gasteiger partial charge in [0.1, 0.15) is 13.1 Å². The second-order valence-electron chi connectivity index (χ2n) is 5.75. The van der Waals surface area contributed by atoms with Crippen LogP contribution in [-0.2, 0) is 19.1 Å². The van der Waals surface area contributed by atoms with Gasteiger partial charge in [-0.1, -0.05) is 30.3 Å². The quantitative estimate of drug-likeness (QED) is 0.532. The van der Waals surface area contributed by atoms with E-state index in [1.165, 1.54) is 7.05 Å². The fourth-order valence-electron chi connectivity index (χ4n) is 2.41. The standard InChI is InChI=1S/C17H20N4O6/c1-3-18-16(25)19-15(24)14(11-7-5-4-6-8-11)27-13(23)10-21-12(22)9-20(2)17(21)26/h4-8,14H,3,9-10H2,1-2H3,(H2,18,19,24,25)/t14-/m0/s1. The minimum atomic E-state index is -1.41. The molecule has 0 aliphatic carbocycles. The molecule has 1 aliphatic heterocycles. The molecule has 10 heteroatoms. The molecule has 1 heterocycles. The molecule has 1 aromatic carbocycles. The van der Waals surface area contributed by atoms with Gasteiger partial charge in [0.05, 0.1) is 0 Å². The van der Waals surface area contributed by atoms with Crippen LogP contribution in [0.1, 0.15) is 18.6 Å². The molecule has 27 heavy (non-hydrogen) atoms. The van der Waals surface area contributed by atoms with Crippen LogP contribution in [0.4, 0.5) is 9.59 Å². The summed E-state index contributed by atoms with van der Waals surface area (Å²) in [5.41, 5.74) is 0.337. The van der Waals surface area contributed by atoms with Crippen LogP contribution >= 0.6 is 0 Å². The summed E-state index contributed by atoms with van der Waals surface area (Å²) in [4.78, 5) is 61.7. The number of carbonyl (C=O) groups excluding carboxylic acids is 5. The van der Waals surface area contributed by atoms with Gasteiger partial charge in [0, 0.05) is 19.2 Å². The molecule has 6 amide bonds. The second-order valence-corrected chi connectivity index (χ2v) is 5.75. The summed E-state index contributed by atoms with van der Waals surface area (Å²) in [6.07, 6.45) is -1.41. The first-order chi connectivity index (χ1) is 12.8. The number of nitrogens with one attached hydrogen (secondary N) is 2. The zero-order valence-corrected chi connectivity index (χ0v) is 14.9. The average molecular weight is 376 g/mol. The topological polar surface area (TPSA) is 125 Å². The Bertz CT molecular complexity index is 751. The van der Waals surface area contributed by atoms with E-state index in [2.05, 4.69) is 10.6 Å². The Kier molecular flexibility index (Phi) is 6.47. The number of carbonyl (C=O) groups is 5. The van der Waals surface area contributed by atoms with Crippen LogP contribution in [0, 0.1) is 0 Å². The van der Waals surface area contributed by atoms with E-state index in [-0.39, 0.29) is 6.54 Å². The molecule has 2 rings (SSSR count). The largest absolute Gasteiger partial charge is 0.446 e. The summed E-state index contributed by atoms with van der Waals surface area (Å²) >= 11 is 0. The number of ether oxygens (including phenoxy) is 1. The van der Waals surface area contributed by atoms with Crippen molar-refractivity contribution in [3.8, 4) is 0 Å². The van der Waals surface area contributed by atoms with Crippen molar-refractivity contribution >= 4 is 29.8 Å². The molecule has 0 aromatic heterocycles. The number of urea groups is 2. The van der Waals surface area contributed by atoms with Crippen molar-refractivity contribution in [1.29, 1.82) is 0 Å². The first kappa shape index (κ1) is 19.9. The van der Waals surface area contributed by atoms with Gasteiger partial charge < -0.3 is 15.0 Å². The number of nitrogens with zero attached hydrogens (tertiary/aromatic N) is 2. The summed E-state index contributed by atoms with van der Waals surface area (Å²) in [7, 11) is 1.43. The molecule has 2 N–H and O–H groups in total. The number of amides is 6. The Hall–Kier alpha value is -3.43. The molecule has 0 unspecified atom stereocenters. The van der Waals surface area contributed by atoms with Crippen molar-refractivity contribution < 1.29 is 28.7 Å². The highest BCUT2D eigenvalue weighted by molar-refractivity contribution is 6.04. The van der Waals surface area contributed by atoms with Crippen molar-refractivity contribution in [1.82, 2.24) is 20.4 Å². The van der Waals surface area contributed by atoms with E-state index in [0.29, 0.717) is 12.1 Å². The van der Waals surface area contributed by atoms with Crippen LogP contribution in [0.3, 0.4) is 0 Å². The highest BCUT2D eigenvalue weighted by atomic mass is 16.5. The number of imide groups is 2. The minimum absolute atomic E-state index is 0.133. The van der Waals surface area contributed by atoms with Gasteiger partial charge in [-0.25, -0.2) is 9.59 Å². The van der Waals surface area contributed by atoms with Crippen LogP contribution in [0.15, 0.2) is 30.3 Å². The number of likely N-dealkylation sites (N-methyl/N-ethyl adjacent to an activating group) is 1. The van der Waals surface area contributed by atoms with Crippen LogP contribution in [-0.4, -0.2) is 66.3 Å². The van der Waals surface area contributed by atoms with E-state index in [0.717, 1.165) is 9.80 Å². The van der Waals surface area contributed by atoms with Crippen molar-refractivity contribution in [2.24, 2.45) is 0 Å². The van der Waals surface area contributed by atoms with E-state index < -0.39 is 42.5 Å². The van der Waals surface area contributed by atoms with E-state index >= 15 is 0 Å². The second kappa shape index (κ2) is 8.79. The van der Waals surface area contributed by atoms with E-state index in [4.69, 9.17) is 4.74 Å². The summed E-state index contributed by atoms with van der Waals surface area (Å²) in [6.45, 7) is 1.23. The highest BCUT2D eigenvalue weighted by Crippen LogP contribution is 2.18. The Labute approximate surface area is 155 Å². The monoisotopic (exact) mass is 376 g/mol.